The monoisotopic (exact) mass is 559 g/mol. The Bertz CT molecular complexity index is 1520. The lowest BCUT2D eigenvalue weighted by Crippen LogP contribution is -2.49. The Balaban J connectivity index is 1.37. The van der Waals surface area contributed by atoms with Gasteiger partial charge in [0.05, 0.1) is 17.3 Å². The molecular weight excluding hydrogens is 526 g/mol. The first-order valence-corrected chi connectivity index (χ1v) is 14.3. The number of hydrogen-bond donors (Lipinski definition) is 3. The van der Waals surface area contributed by atoms with Gasteiger partial charge in [0.2, 0.25) is 11.3 Å². The van der Waals surface area contributed by atoms with E-state index < -0.39 is 11.1 Å². The zero-order valence-corrected chi connectivity index (χ0v) is 23.6. The lowest BCUT2D eigenvalue weighted by Gasteiger charge is -2.35. The number of anilines is 3. The van der Waals surface area contributed by atoms with Crippen LogP contribution in [0.3, 0.4) is 0 Å². The van der Waals surface area contributed by atoms with Gasteiger partial charge in [0.1, 0.15) is 5.82 Å². The van der Waals surface area contributed by atoms with Crippen molar-refractivity contribution in [2.24, 2.45) is 10.4 Å². The molecule has 40 heavy (non-hydrogen) atoms. The van der Waals surface area contributed by atoms with Gasteiger partial charge in [-0.3, -0.25) is 9.79 Å². The number of phenols is 1. The molecule has 11 heteroatoms. The van der Waals surface area contributed by atoms with Crippen LogP contribution in [0.2, 0.25) is 0 Å². The summed E-state index contributed by atoms with van der Waals surface area (Å²) in [5, 5.41) is 14.2. The van der Waals surface area contributed by atoms with Crippen LogP contribution >= 0.6 is 11.1 Å². The average molecular weight is 560 g/mol. The van der Waals surface area contributed by atoms with E-state index in [2.05, 4.69) is 44.7 Å². The quantitative estimate of drug-likeness (QED) is 0.232. The number of nitrogens with one attached hydrogen (secondary N) is 2. The maximum atomic E-state index is 13.4. The van der Waals surface area contributed by atoms with Crippen molar-refractivity contribution in [2.45, 2.75) is 26.8 Å². The second-order valence-corrected chi connectivity index (χ2v) is 11.6. The highest BCUT2D eigenvalue weighted by Crippen LogP contribution is 2.36. The highest BCUT2D eigenvalue weighted by Gasteiger charge is 2.28. The number of pyridine rings is 1. The van der Waals surface area contributed by atoms with Crippen molar-refractivity contribution in [2.75, 3.05) is 36.4 Å². The van der Waals surface area contributed by atoms with E-state index in [1.54, 1.807) is 29.3 Å². The first-order chi connectivity index (χ1) is 19.2. The van der Waals surface area contributed by atoms with E-state index in [-0.39, 0.29) is 40.2 Å². The summed E-state index contributed by atoms with van der Waals surface area (Å²) >= 11 is -1.72. The normalized spacial score (nSPS) is 15.7. The molecule has 1 aliphatic heterocycles. The Morgan fingerprint density at radius 2 is 1.77 bits per heavy atom. The van der Waals surface area contributed by atoms with E-state index in [4.69, 9.17) is 4.99 Å². The molecule has 2 aromatic heterocycles. The van der Waals surface area contributed by atoms with E-state index in [0.717, 1.165) is 11.4 Å². The minimum Gasteiger partial charge on any atom is -0.548 e. The number of aromatic hydroxyl groups is 1. The van der Waals surface area contributed by atoms with E-state index in [1.165, 1.54) is 0 Å². The highest BCUT2D eigenvalue weighted by molar-refractivity contribution is 7.13. The third kappa shape index (κ3) is 6.00. The number of H-pyrrole nitrogens is 1. The number of amides is 1. The molecule has 10 nitrogen and oxygen atoms in total. The van der Waals surface area contributed by atoms with E-state index >= 15 is 0 Å². The summed E-state index contributed by atoms with van der Waals surface area (Å²) in [5.74, 6) is 0.648. The Kier molecular flexibility index (Phi) is 7.85. The summed E-state index contributed by atoms with van der Waals surface area (Å²) in [4.78, 5) is 26.5. The van der Waals surface area contributed by atoms with Gasteiger partial charge in [-0.25, -0.2) is 4.98 Å². The highest BCUT2D eigenvalue weighted by atomic mass is 32.2. The standard InChI is InChI=1S/C29H33N7O3S/c1-29(2,3)25(20-10-5-4-6-11-20)32-27-26(33-40(39)34-27)31-22-13-9-12-21(24(22)37)28(38)36-18-16-35(17-19-36)23-14-7-8-15-30-23/h4-15,25,37H,16-19H2,1-3H3,(H,31,33)(H,32,34)/t25-,40?/m0/s1. The lowest BCUT2D eigenvalue weighted by atomic mass is 9.83. The van der Waals surface area contributed by atoms with Gasteiger partial charge in [0.15, 0.2) is 16.9 Å². The molecule has 208 valence electrons. The Morgan fingerprint density at radius 3 is 2.45 bits per heavy atom. The average Bonchev–Trinajstić information content (AvgIpc) is 3.31. The molecule has 0 bridgehead atoms. The van der Waals surface area contributed by atoms with Crippen LogP contribution in [0.25, 0.3) is 0 Å². The van der Waals surface area contributed by atoms with Crippen molar-refractivity contribution in [1.29, 1.82) is 0 Å². The number of rotatable bonds is 6. The Morgan fingerprint density at radius 1 is 1.05 bits per heavy atom. The SMILES string of the molecule is CC(C)(C)[C@@H](N=c1[nH][s+]([O-])nc1Nc1cccc(C(=O)N2CCN(c3ccccn3)CC2)c1O)c1ccccc1. The first-order valence-electron chi connectivity index (χ1n) is 13.2. The maximum absolute atomic E-state index is 13.4. The third-order valence-electron chi connectivity index (χ3n) is 6.84. The van der Waals surface area contributed by atoms with Crippen LogP contribution in [0.5, 0.6) is 5.75 Å². The number of carbonyl (C=O) groups excluding carboxylic acids is 1. The minimum atomic E-state index is -1.72. The van der Waals surface area contributed by atoms with Crippen LogP contribution in [-0.4, -0.2) is 60.4 Å². The summed E-state index contributed by atoms with van der Waals surface area (Å²) < 4.78 is 19.3. The van der Waals surface area contributed by atoms with Crippen molar-refractivity contribution >= 4 is 34.4 Å². The first kappa shape index (κ1) is 27.4. The third-order valence-corrected chi connectivity index (χ3v) is 7.55. The lowest BCUT2D eigenvalue weighted by molar-refractivity contribution is 0.0743. The van der Waals surface area contributed by atoms with Gasteiger partial charge in [-0.2, -0.15) is 0 Å². The molecule has 2 atom stereocenters. The molecule has 0 aliphatic carbocycles. The topological polar surface area (TPSA) is 133 Å². The molecule has 5 rings (SSSR count). The van der Waals surface area contributed by atoms with E-state index in [1.807, 2.05) is 48.5 Å². The van der Waals surface area contributed by atoms with Gasteiger partial charge in [0, 0.05) is 36.7 Å². The molecular formula is C29H33N7O3S. The number of phenolic OH excluding ortho intramolecular Hbond substituents is 1. The molecule has 4 aromatic rings. The van der Waals surface area contributed by atoms with Gasteiger partial charge < -0.3 is 24.8 Å². The minimum absolute atomic E-state index is 0.180. The van der Waals surface area contributed by atoms with Crippen LogP contribution in [0.15, 0.2) is 77.9 Å². The number of aromatic amines is 1. The Hall–Kier alpha value is -4.22. The van der Waals surface area contributed by atoms with Crippen LogP contribution in [0, 0.1) is 5.41 Å². The van der Waals surface area contributed by atoms with Gasteiger partial charge in [-0.15, -0.1) is 4.37 Å². The van der Waals surface area contributed by atoms with Crippen LogP contribution < -0.4 is 15.7 Å². The predicted octanol–water partition coefficient (Wildman–Crippen LogP) is 4.63. The van der Waals surface area contributed by atoms with Gasteiger partial charge in [-0.05, 0) is 35.2 Å². The van der Waals surface area contributed by atoms with Crippen molar-refractivity contribution in [3.05, 3.63) is 89.5 Å². The Labute approximate surface area is 236 Å². The van der Waals surface area contributed by atoms with Gasteiger partial charge >= 0.3 is 0 Å². The van der Waals surface area contributed by atoms with Gasteiger partial charge in [-0.1, -0.05) is 63.2 Å². The fourth-order valence-corrected chi connectivity index (χ4v) is 5.43. The van der Waals surface area contributed by atoms with Crippen molar-refractivity contribution in [3.63, 3.8) is 0 Å². The second-order valence-electron chi connectivity index (χ2n) is 10.7. The summed E-state index contributed by atoms with van der Waals surface area (Å²) in [7, 11) is 0. The summed E-state index contributed by atoms with van der Waals surface area (Å²) in [6, 6.07) is 20.3. The molecule has 1 aliphatic rings. The fourth-order valence-electron chi connectivity index (χ4n) is 4.78. The second kappa shape index (κ2) is 11.5. The molecule has 2 aromatic carbocycles. The van der Waals surface area contributed by atoms with Crippen LogP contribution in [-0.2, 0) is 0 Å². The molecule has 0 saturated carbocycles. The zero-order chi connectivity index (χ0) is 28.3. The molecule has 1 saturated heterocycles. The number of nitrogens with zero attached hydrogens (tertiary/aromatic N) is 5. The van der Waals surface area contributed by atoms with E-state index in [9.17, 15) is 14.5 Å². The smallest absolute Gasteiger partial charge is 0.257 e. The summed E-state index contributed by atoms with van der Waals surface area (Å²) in [6.07, 6.45) is 1.75. The molecule has 1 amide bonds. The van der Waals surface area contributed by atoms with Crippen molar-refractivity contribution in [1.82, 2.24) is 18.6 Å². The van der Waals surface area contributed by atoms with Crippen molar-refractivity contribution in [3.8, 4) is 5.75 Å². The summed E-state index contributed by atoms with van der Waals surface area (Å²) in [5.41, 5.74) is 1.56. The predicted molar refractivity (Wildman–Crippen MR) is 155 cm³/mol. The summed E-state index contributed by atoms with van der Waals surface area (Å²) in [6.45, 7) is 8.56. The number of hydrogen-bond acceptors (Lipinski definition) is 8. The molecule has 1 unspecified atom stereocenters. The van der Waals surface area contributed by atoms with Crippen molar-refractivity contribution < 1.29 is 14.5 Å². The number of aromatic nitrogens is 3. The van der Waals surface area contributed by atoms with Crippen LogP contribution in [0.1, 0.15) is 42.7 Å². The molecule has 3 heterocycles. The number of piperazine rings is 1. The van der Waals surface area contributed by atoms with Crippen LogP contribution in [0.4, 0.5) is 17.3 Å². The number of para-hydroxylation sites is 1. The fraction of sp³-hybridized carbons (Fsp3) is 0.310. The number of carbonyl (C=O) groups is 1. The molecule has 0 spiro atoms. The zero-order valence-electron chi connectivity index (χ0n) is 22.7. The number of benzene rings is 2. The molecule has 3 N–H and O–H groups in total. The van der Waals surface area contributed by atoms with E-state index in [0.29, 0.717) is 31.7 Å². The molecule has 1 fully saturated rings. The molecule has 0 radical (unpaired) electrons. The largest absolute Gasteiger partial charge is 0.548 e. The van der Waals surface area contributed by atoms with Gasteiger partial charge in [0.25, 0.3) is 5.91 Å². The maximum Gasteiger partial charge on any atom is 0.257 e.